The molecule has 1 aromatic heterocycles. The summed E-state index contributed by atoms with van der Waals surface area (Å²) in [5.74, 6) is 0. The van der Waals surface area contributed by atoms with E-state index in [2.05, 4.69) is 11.2 Å². The second-order valence-electron chi connectivity index (χ2n) is 1.43. The molecule has 1 heteroatoms. The van der Waals surface area contributed by atoms with Gasteiger partial charge in [0.25, 0.3) is 0 Å². The van der Waals surface area contributed by atoms with Crippen molar-refractivity contribution in [2.24, 2.45) is 0 Å². The molecule has 0 atom stereocenters. The fourth-order valence-electron chi connectivity index (χ4n) is 0.407. The summed E-state index contributed by atoms with van der Waals surface area (Å²) in [6.45, 7) is 1.97. The van der Waals surface area contributed by atoms with E-state index >= 15 is 0 Å². The highest BCUT2D eigenvalue weighted by molar-refractivity contribution is 5.02. The number of aryl methyl sites for hydroxylation is 1. The molecule has 1 nitrogen and oxygen atoms in total. The largest absolute Gasteiger partial charge is 0.254 e. The highest BCUT2D eigenvalue weighted by atomic mass is 14.6. The highest BCUT2D eigenvalue weighted by Gasteiger charge is 1.74. The summed E-state index contributed by atoms with van der Waals surface area (Å²) < 4.78 is 0. The van der Waals surface area contributed by atoms with Gasteiger partial charge in [-0.3, -0.25) is 4.98 Å². The molecule has 0 spiro atoms. The predicted octanol–water partition coefficient (Wildman–Crippen LogP) is 1.19. The summed E-state index contributed by atoms with van der Waals surface area (Å²) >= 11 is 0. The zero-order valence-corrected chi connectivity index (χ0v) is 4.18. The maximum Gasteiger partial charge on any atom is 0.0917 e. The van der Waals surface area contributed by atoms with Crippen molar-refractivity contribution in [1.82, 2.24) is 4.98 Å². The Kier molecular flexibility index (Phi) is 1.07. The van der Waals surface area contributed by atoms with Crippen LogP contribution in [0, 0.1) is 13.1 Å². The molecule has 0 aliphatic heterocycles. The average molecular weight is 92.1 g/mol. The predicted molar refractivity (Wildman–Crippen MR) is 27.8 cm³/mol. The van der Waals surface area contributed by atoms with Gasteiger partial charge in [-0.2, -0.15) is 0 Å². The van der Waals surface area contributed by atoms with Crippen LogP contribution in [0.3, 0.4) is 0 Å². The van der Waals surface area contributed by atoms with E-state index in [1.807, 2.05) is 19.1 Å². The average Bonchev–Trinajstić information content (AvgIpc) is 1.69. The van der Waals surface area contributed by atoms with Crippen molar-refractivity contribution >= 4 is 0 Å². The van der Waals surface area contributed by atoms with Gasteiger partial charge in [0.2, 0.25) is 0 Å². The van der Waals surface area contributed by atoms with Crippen LogP contribution in [-0.4, -0.2) is 4.98 Å². The number of aromatic nitrogens is 1. The van der Waals surface area contributed by atoms with Gasteiger partial charge in [0.1, 0.15) is 0 Å². The maximum atomic E-state index is 3.76. The molecule has 1 rings (SSSR count). The van der Waals surface area contributed by atoms with Gasteiger partial charge in [0, 0.05) is 6.20 Å². The van der Waals surface area contributed by atoms with E-state index < -0.39 is 0 Å². The van der Waals surface area contributed by atoms with Gasteiger partial charge in [0.15, 0.2) is 0 Å². The lowest BCUT2D eigenvalue weighted by atomic mass is 10.3. The first-order valence-electron chi connectivity index (χ1n) is 2.19. The van der Waals surface area contributed by atoms with E-state index in [9.17, 15) is 0 Å². The molecule has 0 aliphatic carbocycles. The second kappa shape index (κ2) is 1.73. The Balaban J connectivity index is 3.02. The zero-order chi connectivity index (χ0) is 5.11. The van der Waals surface area contributed by atoms with E-state index in [0.717, 1.165) is 5.56 Å². The molecule has 0 saturated carbocycles. The molecule has 1 radical (unpaired) electrons. The van der Waals surface area contributed by atoms with Gasteiger partial charge >= 0.3 is 0 Å². The van der Waals surface area contributed by atoms with Crippen LogP contribution in [0.2, 0.25) is 0 Å². The van der Waals surface area contributed by atoms with Crippen LogP contribution >= 0.6 is 0 Å². The Hall–Kier alpha value is -0.850. The lowest BCUT2D eigenvalue weighted by Gasteiger charge is -1.80. The van der Waals surface area contributed by atoms with E-state index in [-0.39, 0.29) is 0 Å². The standard InChI is InChI=1S/C6H6N/c1-6-3-2-4-7-5-6/h2-4H,1H3. The quantitative estimate of drug-likeness (QED) is 0.468. The first kappa shape index (κ1) is 4.31. The second-order valence-corrected chi connectivity index (χ2v) is 1.43. The zero-order valence-electron chi connectivity index (χ0n) is 4.18. The van der Waals surface area contributed by atoms with Crippen LogP contribution in [-0.2, 0) is 0 Å². The minimum Gasteiger partial charge on any atom is -0.254 e. The Labute approximate surface area is 43.0 Å². The number of nitrogens with zero attached hydrogens (tertiary/aromatic N) is 1. The summed E-state index contributed by atoms with van der Waals surface area (Å²) in [7, 11) is 0. The first-order valence-corrected chi connectivity index (χ1v) is 2.19. The number of hydrogen-bond donors (Lipinski definition) is 0. The van der Waals surface area contributed by atoms with Crippen molar-refractivity contribution in [3.63, 3.8) is 0 Å². The summed E-state index contributed by atoms with van der Waals surface area (Å²) in [6, 6.07) is 3.86. The Bertz CT molecular complexity index is 134. The van der Waals surface area contributed by atoms with Crippen LogP contribution < -0.4 is 0 Å². The molecule has 0 unspecified atom stereocenters. The van der Waals surface area contributed by atoms with Crippen LogP contribution in [0.4, 0.5) is 0 Å². The van der Waals surface area contributed by atoms with Gasteiger partial charge in [-0.05, 0) is 18.6 Å². The fraction of sp³-hybridized carbons (Fsp3) is 0.167. The summed E-state index contributed by atoms with van der Waals surface area (Å²) in [6.07, 6.45) is 4.50. The Morgan fingerprint density at radius 1 is 1.71 bits per heavy atom. The summed E-state index contributed by atoms with van der Waals surface area (Å²) in [5.41, 5.74) is 1.09. The molecule has 1 heterocycles. The maximum absolute atomic E-state index is 3.76. The minimum absolute atomic E-state index is 1.09. The molecule has 0 N–H and O–H groups in total. The number of hydrogen-bond acceptors (Lipinski definition) is 1. The number of rotatable bonds is 0. The van der Waals surface area contributed by atoms with Crippen LogP contribution in [0.1, 0.15) is 5.56 Å². The molecule has 7 heavy (non-hydrogen) atoms. The van der Waals surface area contributed by atoms with Gasteiger partial charge in [-0.15, -0.1) is 0 Å². The van der Waals surface area contributed by atoms with Gasteiger partial charge < -0.3 is 0 Å². The van der Waals surface area contributed by atoms with E-state index in [4.69, 9.17) is 0 Å². The molecule has 0 aliphatic rings. The molecule has 0 aromatic carbocycles. The minimum atomic E-state index is 1.09. The van der Waals surface area contributed by atoms with Gasteiger partial charge in [-0.1, -0.05) is 6.07 Å². The molecule has 0 saturated heterocycles. The molecule has 0 bridgehead atoms. The lowest BCUT2D eigenvalue weighted by Crippen LogP contribution is -1.70. The smallest absolute Gasteiger partial charge is 0.0917 e. The van der Waals surface area contributed by atoms with Crippen molar-refractivity contribution in [3.8, 4) is 0 Å². The molecule has 0 amide bonds. The van der Waals surface area contributed by atoms with Crippen molar-refractivity contribution in [2.75, 3.05) is 0 Å². The lowest BCUT2D eigenvalue weighted by molar-refractivity contribution is 1.25. The van der Waals surface area contributed by atoms with E-state index in [0.29, 0.717) is 0 Å². The van der Waals surface area contributed by atoms with Gasteiger partial charge in [-0.25, -0.2) is 0 Å². The fourth-order valence-corrected chi connectivity index (χ4v) is 0.407. The highest BCUT2D eigenvalue weighted by Crippen LogP contribution is 1.87. The van der Waals surface area contributed by atoms with Crippen LogP contribution in [0.25, 0.3) is 0 Å². The SMILES string of the molecule is Cc1[c]nccc1. The van der Waals surface area contributed by atoms with Crippen molar-refractivity contribution in [2.45, 2.75) is 6.92 Å². The van der Waals surface area contributed by atoms with Crippen molar-refractivity contribution in [1.29, 1.82) is 0 Å². The van der Waals surface area contributed by atoms with E-state index in [1.165, 1.54) is 0 Å². The topological polar surface area (TPSA) is 12.9 Å². The van der Waals surface area contributed by atoms with Crippen LogP contribution in [0.15, 0.2) is 18.3 Å². The monoisotopic (exact) mass is 92.1 g/mol. The molecular formula is C6H6N. The van der Waals surface area contributed by atoms with Crippen LogP contribution in [0.5, 0.6) is 0 Å². The number of pyridine rings is 1. The van der Waals surface area contributed by atoms with Crippen molar-refractivity contribution < 1.29 is 0 Å². The Morgan fingerprint density at radius 2 is 2.57 bits per heavy atom. The van der Waals surface area contributed by atoms with Gasteiger partial charge in [0.05, 0.1) is 6.20 Å². The molecule has 1 aromatic rings. The third-order valence-electron chi connectivity index (χ3n) is 0.748. The van der Waals surface area contributed by atoms with Crippen molar-refractivity contribution in [3.05, 3.63) is 30.1 Å². The molecular weight excluding hydrogens is 86.1 g/mol. The summed E-state index contributed by atoms with van der Waals surface area (Å²) in [4.78, 5) is 3.76. The Morgan fingerprint density at radius 3 is 2.86 bits per heavy atom. The third kappa shape index (κ3) is 1.000. The first-order chi connectivity index (χ1) is 3.39. The van der Waals surface area contributed by atoms with E-state index in [1.54, 1.807) is 6.20 Å². The molecule has 0 fully saturated rings. The third-order valence-corrected chi connectivity index (χ3v) is 0.748. The molecule has 35 valence electrons. The summed E-state index contributed by atoms with van der Waals surface area (Å²) in [5, 5.41) is 0. The normalized spacial score (nSPS) is 8.71.